The molecule has 1 N–H and O–H groups in total. The fraction of sp³-hybridized carbons (Fsp3) is 0.235. The van der Waals surface area contributed by atoms with Crippen molar-refractivity contribution in [1.82, 2.24) is 20.1 Å². The summed E-state index contributed by atoms with van der Waals surface area (Å²) in [5.41, 5.74) is 0.935. The van der Waals surface area contributed by atoms with Crippen molar-refractivity contribution < 1.29 is 9.53 Å². The Bertz CT molecular complexity index is 829. The van der Waals surface area contributed by atoms with Gasteiger partial charge in [-0.3, -0.25) is 9.36 Å². The molecule has 3 aromatic rings. The Morgan fingerprint density at radius 3 is 2.76 bits per heavy atom. The number of aryl methyl sites for hydroxylation is 1. The lowest BCUT2D eigenvalue weighted by molar-refractivity contribution is -0.118. The second-order valence-corrected chi connectivity index (χ2v) is 7.18. The molecule has 0 aliphatic heterocycles. The maximum absolute atomic E-state index is 12.0. The molecule has 0 unspecified atom stereocenters. The number of aromatic nitrogens is 3. The van der Waals surface area contributed by atoms with Gasteiger partial charge >= 0.3 is 0 Å². The molecule has 130 valence electrons. The van der Waals surface area contributed by atoms with Crippen LogP contribution >= 0.6 is 23.1 Å². The van der Waals surface area contributed by atoms with Gasteiger partial charge in [-0.15, -0.1) is 21.5 Å². The maximum Gasteiger partial charge on any atom is 0.230 e. The molecular weight excluding hydrogens is 356 g/mol. The number of thioether (sulfide) groups is 1. The van der Waals surface area contributed by atoms with E-state index in [0.29, 0.717) is 17.5 Å². The van der Waals surface area contributed by atoms with Gasteiger partial charge in [-0.1, -0.05) is 17.8 Å². The van der Waals surface area contributed by atoms with Crippen molar-refractivity contribution in [2.45, 2.75) is 18.6 Å². The largest absolute Gasteiger partial charge is 0.497 e. The second kappa shape index (κ2) is 8.17. The third kappa shape index (κ3) is 4.40. The SMILES string of the molecule is COc1ccc(-n2c(C)nnc2SCC(=O)NCc2cccs2)cc1. The van der Waals surface area contributed by atoms with Gasteiger partial charge in [-0.25, -0.2) is 0 Å². The first kappa shape index (κ1) is 17.5. The van der Waals surface area contributed by atoms with Crippen LogP contribution < -0.4 is 10.1 Å². The van der Waals surface area contributed by atoms with E-state index in [2.05, 4.69) is 15.5 Å². The summed E-state index contributed by atoms with van der Waals surface area (Å²) in [4.78, 5) is 13.2. The lowest BCUT2D eigenvalue weighted by atomic mass is 10.3. The normalized spacial score (nSPS) is 10.6. The van der Waals surface area contributed by atoms with Gasteiger partial charge in [0.25, 0.3) is 0 Å². The van der Waals surface area contributed by atoms with Crippen molar-refractivity contribution in [2.75, 3.05) is 12.9 Å². The van der Waals surface area contributed by atoms with E-state index >= 15 is 0 Å². The molecule has 0 spiro atoms. The minimum atomic E-state index is -0.0275. The van der Waals surface area contributed by atoms with E-state index in [1.54, 1.807) is 18.4 Å². The third-order valence-corrected chi connectivity index (χ3v) is 5.30. The van der Waals surface area contributed by atoms with E-state index in [-0.39, 0.29) is 5.91 Å². The Hall–Kier alpha value is -2.32. The number of nitrogens with one attached hydrogen (secondary N) is 1. The van der Waals surface area contributed by atoms with Gasteiger partial charge in [0.2, 0.25) is 5.91 Å². The molecule has 25 heavy (non-hydrogen) atoms. The second-order valence-electron chi connectivity index (χ2n) is 5.21. The first-order valence-corrected chi connectivity index (χ1v) is 9.52. The van der Waals surface area contributed by atoms with E-state index in [1.165, 1.54) is 11.8 Å². The first-order chi connectivity index (χ1) is 12.2. The molecule has 2 heterocycles. The van der Waals surface area contributed by atoms with Gasteiger partial charge < -0.3 is 10.1 Å². The highest BCUT2D eigenvalue weighted by atomic mass is 32.2. The van der Waals surface area contributed by atoms with Crippen LogP contribution in [0, 0.1) is 6.92 Å². The molecular formula is C17H18N4O2S2. The van der Waals surface area contributed by atoms with Crippen LogP contribution in [0.2, 0.25) is 0 Å². The minimum Gasteiger partial charge on any atom is -0.497 e. The molecule has 1 aromatic carbocycles. The molecule has 8 heteroatoms. The van der Waals surface area contributed by atoms with Gasteiger partial charge in [0.1, 0.15) is 11.6 Å². The van der Waals surface area contributed by atoms with E-state index in [9.17, 15) is 4.79 Å². The number of carbonyl (C=O) groups excluding carboxylic acids is 1. The molecule has 1 amide bonds. The van der Waals surface area contributed by atoms with Crippen LogP contribution in [0.25, 0.3) is 5.69 Å². The summed E-state index contributed by atoms with van der Waals surface area (Å²) in [5, 5.41) is 13.9. The van der Waals surface area contributed by atoms with Crippen molar-refractivity contribution in [2.24, 2.45) is 0 Å². The molecule has 0 aliphatic rings. The summed E-state index contributed by atoms with van der Waals surface area (Å²) in [6, 6.07) is 11.6. The van der Waals surface area contributed by atoms with Crippen molar-refractivity contribution in [3.8, 4) is 11.4 Å². The zero-order chi connectivity index (χ0) is 17.6. The van der Waals surface area contributed by atoms with E-state index in [0.717, 1.165) is 22.1 Å². The topological polar surface area (TPSA) is 69.0 Å². The molecule has 0 saturated carbocycles. The number of benzene rings is 1. The summed E-state index contributed by atoms with van der Waals surface area (Å²) >= 11 is 2.99. The number of methoxy groups -OCH3 is 1. The van der Waals surface area contributed by atoms with Crippen molar-refractivity contribution in [3.63, 3.8) is 0 Å². The van der Waals surface area contributed by atoms with Crippen molar-refractivity contribution >= 4 is 29.0 Å². The number of thiophene rings is 1. The molecule has 6 nitrogen and oxygen atoms in total. The van der Waals surface area contributed by atoms with Gasteiger partial charge in [-0.2, -0.15) is 0 Å². The average molecular weight is 374 g/mol. The van der Waals surface area contributed by atoms with Crippen LogP contribution in [0.15, 0.2) is 46.9 Å². The quantitative estimate of drug-likeness (QED) is 0.644. The smallest absolute Gasteiger partial charge is 0.230 e. The van der Waals surface area contributed by atoms with Crippen molar-refractivity contribution in [3.05, 3.63) is 52.5 Å². The van der Waals surface area contributed by atoms with E-state index in [4.69, 9.17) is 4.74 Å². The highest BCUT2D eigenvalue weighted by Gasteiger charge is 2.13. The minimum absolute atomic E-state index is 0.0275. The van der Waals surface area contributed by atoms with Crippen LogP contribution in [0.3, 0.4) is 0 Å². The predicted molar refractivity (Wildman–Crippen MR) is 99.5 cm³/mol. The number of carbonyl (C=O) groups is 1. The zero-order valence-electron chi connectivity index (χ0n) is 13.9. The summed E-state index contributed by atoms with van der Waals surface area (Å²) in [6.45, 7) is 2.44. The van der Waals surface area contributed by atoms with Crippen LogP contribution in [0.1, 0.15) is 10.7 Å². The summed E-state index contributed by atoms with van der Waals surface area (Å²) < 4.78 is 7.11. The Labute approximate surface area is 154 Å². The first-order valence-electron chi connectivity index (χ1n) is 7.65. The summed E-state index contributed by atoms with van der Waals surface area (Å²) in [7, 11) is 1.63. The van der Waals surface area contributed by atoms with Crippen LogP contribution in [-0.4, -0.2) is 33.5 Å². The Morgan fingerprint density at radius 1 is 1.28 bits per heavy atom. The summed E-state index contributed by atoms with van der Waals surface area (Å²) in [5.74, 6) is 1.82. The molecule has 0 aliphatic carbocycles. The van der Waals surface area contributed by atoms with Crippen LogP contribution in [0.5, 0.6) is 5.75 Å². The molecule has 2 aromatic heterocycles. The average Bonchev–Trinajstić information content (AvgIpc) is 3.28. The lowest BCUT2D eigenvalue weighted by Crippen LogP contribution is -2.24. The Balaban J connectivity index is 1.63. The fourth-order valence-corrected chi connectivity index (χ4v) is 3.72. The summed E-state index contributed by atoms with van der Waals surface area (Å²) in [6.07, 6.45) is 0. The predicted octanol–water partition coefficient (Wildman–Crippen LogP) is 3.05. The molecule has 0 atom stereocenters. The molecule has 0 bridgehead atoms. The molecule has 0 saturated heterocycles. The fourth-order valence-electron chi connectivity index (χ4n) is 2.24. The zero-order valence-corrected chi connectivity index (χ0v) is 15.6. The highest BCUT2D eigenvalue weighted by molar-refractivity contribution is 7.99. The van der Waals surface area contributed by atoms with Gasteiger partial charge in [0, 0.05) is 10.6 Å². The lowest BCUT2D eigenvalue weighted by Gasteiger charge is -2.09. The number of ether oxygens (including phenoxy) is 1. The maximum atomic E-state index is 12.0. The van der Waals surface area contributed by atoms with Gasteiger partial charge in [0.15, 0.2) is 5.16 Å². The number of nitrogens with zero attached hydrogens (tertiary/aromatic N) is 3. The highest BCUT2D eigenvalue weighted by Crippen LogP contribution is 2.23. The molecule has 3 rings (SSSR count). The monoisotopic (exact) mass is 374 g/mol. The van der Waals surface area contributed by atoms with E-state index in [1.807, 2.05) is 53.3 Å². The Morgan fingerprint density at radius 2 is 2.08 bits per heavy atom. The van der Waals surface area contributed by atoms with Crippen molar-refractivity contribution in [1.29, 1.82) is 0 Å². The molecule has 0 radical (unpaired) electrons. The number of hydrogen-bond donors (Lipinski definition) is 1. The number of hydrogen-bond acceptors (Lipinski definition) is 6. The van der Waals surface area contributed by atoms with Gasteiger partial charge in [-0.05, 0) is 42.6 Å². The van der Waals surface area contributed by atoms with Crippen LogP contribution in [0.4, 0.5) is 0 Å². The third-order valence-electron chi connectivity index (χ3n) is 3.50. The Kier molecular flexibility index (Phi) is 5.72. The van der Waals surface area contributed by atoms with E-state index < -0.39 is 0 Å². The standard InChI is InChI=1S/C17H18N4O2S2/c1-12-19-20-17(21(12)13-5-7-14(23-2)8-6-13)25-11-16(22)18-10-15-4-3-9-24-15/h3-9H,10-11H2,1-2H3,(H,18,22). The number of rotatable bonds is 7. The van der Waals surface area contributed by atoms with Crippen LogP contribution in [-0.2, 0) is 11.3 Å². The number of amides is 1. The van der Waals surface area contributed by atoms with Gasteiger partial charge in [0.05, 0.1) is 19.4 Å². The molecule has 0 fully saturated rings.